The predicted molar refractivity (Wildman–Crippen MR) is 57.2 cm³/mol. The molecule has 0 saturated carbocycles. The third kappa shape index (κ3) is 2.91. The summed E-state index contributed by atoms with van der Waals surface area (Å²) < 4.78 is 0. The highest BCUT2D eigenvalue weighted by Crippen LogP contribution is 2.14. The first-order chi connectivity index (χ1) is 5.84. The first-order valence-electron chi connectivity index (χ1n) is 4.20. The van der Waals surface area contributed by atoms with Crippen LogP contribution in [0.25, 0.3) is 0 Å². The van der Waals surface area contributed by atoms with E-state index in [2.05, 4.69) is 9.88 Å². The molecule has 1 aromatic rings. The van der Waals surface area contributed by atoms with Crippen molar-refractivity contribution in [1.82, 2.24) is 9.88 Å². The van der Waals surface area contributed by atoms with Gasteiger partial charge in [-0.3, -0.25) is 9.88 Å². The van der Waals surface area contributed by atoms with E-state index in [0.717, 1.165) is 26.1 Å². The van der Waals surface area contributed by atoms with Crippen molar-refractivity contribution in [3.8, 4) is 0 Å². The summed E-state index contributed by atoms with van der Waals surface area (Å²) in [4.78, 5) is 7.77. The molecule has 0 radical (unpaired) electrons. The van der Waals surface area contributed by atoms with Gasteiger partial charge in [0, 0.05) is 36.8 Å². The minimum Gasteiger partial charge on any atom is -0.326 e. The Labute approximate surface area is 88.4 Å². The maximum Gasteiger partial charge on any atom is 0.0794 e. The van der Waals surface area contributed by atoms with Crippen molar-refractivity contribution in [2.45, 2.75) is 19.0 Å². The molecule has 2 N–H and O–H groups in total. The number of aromatic nitrogens is 1. The van der Waals surface area contributed by atoms with Crippen LogP contribution in [0.15, 0.2) is 11.7 Å². The Hall–Kier alpha value is -0.160. The zero-order valence-corrected chi connectivity index (χ0v) is 8.98. The number of likely N-dealkylation sites (tertiary alicyclic amines) is 1. The Balaban J connectivity index is 0.000000845. The summed E-state index contributed by atoms with van der Waals surface area (Å²) in [5.41, 5.74) is 7.68. The van der Waals surface area contributed by atoms with Gasteiger partial charge in [0.2, 0.25) is 0 Å². The molecule has 74 valence electrons. The smallest absolute Gasteiger partial charge is 0.0794 e. The molecule has 0 spiro atoms. The Morgan fingerprint density at radius 2 is 2.54 bits per heavy atom. The zero-order valence-electron chi connectivity index (χ0n) is 7.35. The largest absolute Gasteiger partial charge is 0.326 e. The van der Waals surface area contributed by atoms with E-state index in [4.69, 9.17) is 5.73 Å². The van der Waals surface area contributed by atoms with E-state index >= 15 is 0 Å². The van der Waals surface area contributed by atoms with Gasteiger partial charge in [-0.1, -0.05) is 0 Å². The highest BCUT2D eigenvalue weighted by Gasteiger charge is 2.18. The number of rotatable bonds is 2. The van der Waals surface area contributed by atoms with E-state index in [9.17, 15) is 0 Å². The van der Waals surface area contributed by atoms with Gasteiger partial charge in [0.15, 0.2) is 0 Å². The van der Waals surface area contributed by atoms with Crippen LogP contribution in [0.3, 0.4) is 0 Å². The fourth-order valence-corrected chi connectivity index (χ4v) is 2.18. The van der Waals surface area contributed by atoms with Gasteiger partial charge in [0.25, 0.3) is 0 Å². The molecule has 1 aromatic heterocycles. The summed E-state index contributed by atoms with van der Waals surface area (Å²) in [6, 6.07) is 0.387. The van der Waals surface area contributed by atoms with Crippen LogP contribution < -0.4 is 5.73 Å². The number of nitrogens with two attached hydrogens (primary N) is 1. The van der Waals surface area contributed by atoms with Crippen LogP contribution in [0.5, 0.6) is 0 Å². The molecule has 0 bridgehead atoms. The molecule has 3 nitrogen and oxygen atoms in total. The summed E-state index contributed by atoms with van der Waals surface area (Å²) in [7, 11) is 0. The fraction of sp³-hybridized carbons (Fsp3) is 0.625. The number of hydrogen-bond acceptors (Lipinski definition) is 4. The summed E-state index contributed by atoms with van der Waals surface area (Å²) in [5, 5.41) is 0. The molecule has 5 heteroatoms. The summed E-state index contributed by atoms with van der Waals surface area (Å²) in [6.45, 7) is 3.20. The average molecular weight is 220 g/mol. The van der Waals surface area contributed by atoms with E-state index in [-0.39, 0.29) is 12.4 Å². The molecule has 1 fully saturated rings. The Kier molecular flexibility index (Phi) is 4.12. The van der Waals surface area contributed by atoms with Crippen molar-refractivity contribution in [2.75, 3.05) is 13.1 Å². The first-order valence-corrected chi connectivity index (χ1v) is 5.08. The van der Waals surface area contributed by atoms with E-state index in [1.54, 1.807) is 11.3 Å². The molecule has 1 aliphatic rings. The standard InChI is InChI=1S/C8H13N3S.ClH/c9-7-1-2-11(4-7)5-8-3-10-6-12-8;/h3,6-7H,1-2,4-5,9H2;1H. The second-order valence-corrected chi connectivity index (χ2v) is 4.22. The second-order valence-electron chi connectivity index (χ2n) is 3.25. The van der Waals surface area contributed by atoms with Crippen molar-refractivity contribution in [1.29, 1.82) is 0 Å². The third-order valence-electron chi connectivity index (χ3n) is 2.17. The molecule has 2 rings (SSSR count). The number of nitrogens with zero attached hydrogens (tertiary/aromatic N) is 2. The first kappa shape index (κ1) is 10.9. The zero-order chi connectivity index (χ0) is 8.39. The van der Waals surface area contributed by atoms with E-state index in [0.29, 0.717) is 6.04 Å². The van der Waals surface area contributed by atoms with Crippen LogP contribution in [0, 0.1) is 0 Å². The highest BCUT2D eigenvalue weighted by atomic mass is 35.5. The van der Waals surface area contributed by atoms with Gasteiger partial charge in [0.1, 0.15) is 0 Å². The average Bonchev–Trinajstić information content (AvgIpc) is 2.63. The SMILES string of the molecule is Cl.NC1CCN(Cc2cncs2)C1. The lowest BCUT2D eigenvalue weighted by atomic mass is 10.3. The topological polar surface area (TPSA) is 42.1 Å². The maximum absolute atomic E-state index is 5.80. The molecule has 1 atom stereocenters. The predicted octanol–water partition coefficient (Wildman–Crippen LogP) is 1.10. The van der Waals surface area contributed by atoms with Crippen LogP contribution in [-0.4, -0.2) is 29.0 Å². The molecule has 1 unspecified atom stereocenters. The van der Waals surface area contributed by atoms with Crippen molar-refractivity contribution in [3.63, 3.8) is 0 Å². The summed E-state index contributed by atoms with van der Waals surface area (Å²) in [6.07, 6.45) is 3.08. The van der Waals surface area contributed by atoms with Gasteiger partial charge in [-0.25, -0.2) is 0 Å². The Bertz CT molecular complexity index is 240. The normalized spacial score (nSPS) is 23.0. The molecule has 1 saturated heterocycles. The van der Waals surface area contributed by atoms with Gasteiger partial charge >= 0.3 is 0 Å². The third-order valence-corrected chi connectivity index (χ3v) is 2.94. The highest BCUT2D eigenvalue weighted by molar-refractivity contribution is 7.09. The van der Waals surface area contributed by atoms with Crippen molar-refractivity contribution < 1.29 is 0 Å². The van der Waals surface area contributed by atoms with Crippen LogP contribution >= 0.6 is 23.7 Å². The number of halogens is 1. The van der Waals surface area contributed by atoms with Gasteiger partial charge in [-0.2, -0.15) is 0 Å². The number of hydrogen-bond donors (Lipinski definition) is 1. The second kappa shape index (κ2) is 4.91. The monoisotopic (exact) mass is 219 g/mol. The quantitative estimate of drug-likeness (QED) is 0.810. The van der Waals surface area contributed by atoms with Crippen LogP contribution in [0.2, 0.25) is 0 Å². The summed E-state index contributed by atoms with van der Waals surface area (Å²) in [5.74, 6) is 0. The van der Waals surface area contributed by atoms with Crippen molar-refractivity contribution in [3.05, 3.63) is 16.6 Å². The van der Waals surface area contributed by atoms with Crippen molar-refractivity contribution in [2.24, 2.45) is 5.73 Å². The molecular formula is C8H14ClN3S. The lowest BCUT2D eigenvalue weighted by Crippen LogP contribution is -2.25. The minimum atomic E-state index is 0. The minimum absolute atomic E-state index is 0. The van der Waals surface area contributed by atoms with Crippen molar-refractivity contribution >= 4 is 23.7 Å². The van der Waals surface area contributed by atoms with Crippen LogP contribution in [-0.2, 0) is 6.54 Å². The fourth-order valence-electron chi connectivity index (χ4n) is 1.55. The lowest BCUT2D eigenvalue weighted by molar-refractivity contribution is 0.329. The van der Waals surface area contributed by atoms with Gasteiger partial charge in [-0.15, -0.1) is 23.7 Å². The van der Waals surface area contributed by atoms with E-state index in [1.807, 2.05) is 11.7 Å². The molecule has 0 aliphatic carbocycles. The maximum atomic E-state index is 5.80. The molecular weight excluding hydrogens is 206 g/mol. The molecule has 0 amide bonds. The molecule has 13 heavy (non-hydrogen) atoms. The van der Waals surface area contributed by atoms with Crippen LogP contribution in [0.1, 0.15) is 11.3 Å². The van der Waals surface area contributed by atoms with E-state index < -0.39 is 0 Å². The lowest BCUT2D eigenvalue weighted by Gasteiger charge is -2.12. The van der Waals surface area contributed by atoms with Gasteiger partial charge < -0.3 is 5.73 Å². The Morgan fingerprint density at radius 3 is 3.08 bits per heavy atom. The van der Waals surface area contributed by atoms with E-state index in [1.165, 1.54) is 4.88 Å². The van der Waals surface area contributed by atoms with Crippen LogP contribution in [0.4, 0.5) is 0 Å². The summed E-state index contributed by atoms with van der Waals surface area (Å²) >= 11 is 1.72. The molecule has 0 aromatic carbocycles. The van der Waals surface area contributed by atoms with Gasteiger partial charge in [0.05, 0.1) is 5.51 Å². The number of thiazole rings is 1. The molecule has 1 aliphatic heterocycles. The van der Waals surface area contributed by atoms with Gasteiger partial charge in [-0.05, 0) is 6.42 Å². The Morgan fingerprint density at radius 1 is 1.69 bits per heavy atom. The molecule has 2 heterocycles.